The van der Waals surface area contributed by atoms with Crippen molar-refractivity contribution in [2.75, 3.05) is 5.32 Å². The van der Waals surface area contributed by atoms with Crippen LogP contribution in [0.15, 0.2) is 47.8 Å². The summed E-state index contributed by atoms with van der Waals surface area (Å²) in [4.78, 5) is 27.8. The fourth-order valence-electron chi connectivity index (χ4n) is 2.72. The molecule has 4 N–H and O–H groups in total. The van der Waals surface area contributed by atoms with Crippen molar-refractivity contribution in [3.05, 3.63) is 53.4 Å². The van der Waals surface area contributed by atoms with Crippen LogP contribution >= 0.6 is 11.3 Å². The van der Waals surface area contributed by atoms with Gasteiger partial charge in [0.25, 0.3) is 5.91 Å². The molecule has 1 aliphatic carbocycles. The Balaban J connectivity index is 1.54. The zero-order chi connectivity index (χ0) is 19.0. The van der Waals surface area contributed by atoms with Crippen molar-refractivity contribution in [1.29, 1.82) is 0 Å². The third-order valence-electron chi connectivity index (χ3n) is 4.41. The smallest absolute Gasteiger partial charge is 0.252 e. The second kappa shape index (κ2) is 6.85. The highest BCUT2D eigenvalue weighted by atomic mass is 32.1. The quantitative estimate of drug-likeness (QED) is 0.629. The van der Waals surface area contributed by atoms with Gasteiger partial charge in [-0.25, -0.2) is 4.98 Å². The van der Waals surface area contributed by atoms with Crippen LogP contribution in [0.5, 0.6) is 5.75 Å². The molecule has 3 aromatic rings. The Morgan fingerprint density at radius 1 is 1.11 bits per heavy atom. The molecule has 2 amide bonds. The summed E-state index contributed by atoms with van der Waals surface area (Å²) in [6.45, 7) is 0. The van der Waals surface area contributed by atoms with Gasteiger partial charge in [-0.1, -0.05) is 0 Å². The van der Waals surface area contributed by atoms with Crippen LogP contribution in [0.4, 0.5) is 5.69 Å². The molecule has 1 heterocycles. The van der Waals surface area contributed by atoms with E-state index in [1.165, 1.54) is 23.5 Å². The Hall–Kier alpha value is -3.19. The molecule has 1 saturated carbocycles. The molecule has 4 rings (SSSR count). The Labute approximate surface area is 159 Å². The number of aromatic hydroxyl groups is 1. The number of thiazole rings is 1. The number of nitrogens with one attached hydrogen (secondary N) is 1. The number of hydrogen-bond donors (Lipinski definition) is 3. The van der Waals surface area contributed by atoms with Gasteiger partial charge in [-0.2, -0.15) is 0 Å². The predicted octanol–water partition coefficient (Wildman–Crippen LogP) is 3.63. The normalized spacial score (nSPS) is 13.3. The van der Waals surface area contributed by atoms with Crippen LogP contribution in [0.3, 0.4) is 0 Å². The Bertz CT molecular complexity index is 1020. The molecule has 0 atom stereocenters. The molecule has 7 heteroatoms. The minimum Gasteiger partial charge on any atom is -0.507 e. The summed E-state index contributed by atoms with van der Waals surface area (Å²) in [5.41, 5.74) is 8.46. The third-order valence-corrected chi connectivity index (χ3v) is 5.30. The van der Waals surface area contributed by atoms with Crippen LogP contribution in [0, 0.1) is 5.92 Å². The van der Waals surface area contributed by atoms with Crippen molar-refractivity contribution in [3.8, 4) is 27.6 Å². The number of phenols is 1. The highest BCUT2D eigenvalue weighted by molar-refractivity contribution is 7.13. The fraction of sp³-hybridized carbons (Fsp3) is 0.150. The average Bonchev–Trinajstić information content (AvgIpc) is 3.40. The van der Waals surface area contributed by atoms with Crippen molar-refractivity contribution in [2.24, 2.45) is 11.7 Å². The van der Waals surface area contributed by atoms with Crippen LogP contribution in [0.1, 0.15) is 23.2 Å². The standard InChI is InChI=1S/C20H17N3O3S/c21-18(25)15-9-13(5-8-17(15)24)16-10-27-20(23-16)12-3-6-14(7-4-12)22-19(26)11-1-2-11/h3-11,24H,1-2H2,(H2,21,25)(H,22,26). The molecule has 0 radical (unpaired) electrons. The lowest BCUT2D eigenvalue weighted by atomic mass is 10.1. The lowest BCUT2D eigenvalue weighted by Gasteiger charge is -2.05. The van der Waals surface area contributed by atoms with E-state index in [-0.39, 0.29) is 23.1 Å². The van der Waals surface area contributed by atoms with Gasteiger partial charge < -0.3 is 16.2 Å². The topological polar surface area (TPSA) is 105 Å². The van der Waals surface area contributed by atoms with E-state index in [9.17, 15) is 14.7 Å². The highest BCUT2D eigenvalue weighted by Crippen LogP contribution is 2.32. The number of nitrogens with zero attached hydrogens (tertiary/aromatic N) is 1. The van der Waals surface area contributed by atoms with Crippen LogP contribution in [0.2, 0.25) is 0 Å². The van der Waals surface area contributed by atoms with Gasteiger partial charge in [-0.05, 0) is 55.3 Å². The molecule has 0 unspecified atom stereocenters. The van der Waals surface area contributed by atoms with Gasteiger partial charge >= 0.3 is 0 Å². The Morgan fingerprint density at radius 3 is 2.48 bits per heavy atom. The van der Waals surface area contributed by atoms with Crippen LogP contribution < -0.4 is 11.1 Å². The number of anilines is 1. The van der Waals surface area contributed by atoms with Crippen LogP contribution in [-0.2, 0) is 4.79 Å². The second-order valence-corrected chi connectivity index (χ2v) is 7.33. The second-order valence-electron chi connectivity index (χ2n) is 6.47. The monoisotopic (exact) mass is 379 g/mol. The SMILES string of the molecule is NC(=O)c1cc(-c2csc(-c3ccc(NC(=O)C4CC4)cc3)n2)ccc1O. The van der Waals surface area contributed by atoms with Crippen molar-refractivity contribution in [1.82, 2.24) is 4.98 Å². The van der Waals surface area contributed by atoms with E-state index >= 15 is 0 Å². The summed E-state index contributed by atoms with van der Waals surface area (Å²) in [6.07, 6.45) is 1.95. The molecule has 0 bridgehead atoms. The van der Waals surface area contributed by atoms with E-state index in [0.29, 0.717) is 11.3 Å². The zero-order valence-corrected chi connectivity index (χ0v) is 15.1. The number of hydrogen-bond acceptors (Lipinski definition) is 5. The molecule has 136 valence electrons. The van der Waals surface area contributed by atoms with Gasteiger partial charge in [0.05, 0.1) is 11.3 Å². The van der Waals surface area contributed by atoms with Gasteiger partial charge in [-0.3, -0.25) is 9.59 Å². The first-order valence-electron chi connectivity index (χ1n) is 8.51. The summed E-state index contributed by atoms with van der Waals surface area (Å²) in [7, 11) is 0. The van der Waals surface area contributed by atoms with Crippen molar-refractivity contribution in [3.63, 3.8) is 0 Å². The molecule has 1 aliphatic rings. The number of primary amides is 1. The molecule has 1 aromatic heterocycles. The maximum absolute atomic E-state index is 11.8. The Morgan fingerprint density at radius 2 is 1.81 bits per heavy atom. The number of rotatable bonds is 5. The van der Waals surface area contributed by atoms with E-state index in [1.54, 1.807) is 6.07 Å². The van der Waals surface area contributed by atoms with Gasteiger partial charge in [-0.15, -0.1) is 11.3 Å². The molecule has 0 spiro atoms. The van der Waals surface area contributed by atoms with Gasteiger partial charge in [0.2, 0.25) is 5.91 Å². The number of carbonyl (C=O) groups is 2. The minimum absolute atomic E-state index is 0.0674. The largest absolute Gasteiger partial charge is 0.507 e. The predicted molar refractivity (Wildman–Crippen MR) is 105 cm³/mol. The molecule has 27 heavy (non-hydrogen) atoms. The summed E-state index contributed by atoms with van der Waals surface area (Å²) < 4.78 is 0. The first-order chi connectivity index (χ1) is 13.0. The van der Waals surface area contributed by atoms with E-state index in [0.717, 1.165) is 29.1 Å². The highest BCUT2D eigenvalue weighted by Gasteiger charge is 2.29. The molecular weight excluding hydrogens is 362 g/mol. The fourth-order valence-corrected chi connectivity index (χ4v) is 3.55. The molecule has 6 nitrogen and oxygen atoms in total. The minimum atomic E-state index is -0.686. The molecular formula is C20H17N3O3S. The van der Waals surface area contributed by atoms with E-state index in [2.05, 4.69) is 10.3 Å². The number of carbonyl (C=O) groups excluding carboxylic acids is 2. The number of benzene rings is 2. The zero-order valence-electron chi connectivity index (χ0n) is 14.3. The van der Waals surface area contributed by atoms with Crippen LogP contribution in [0.25, 0.3) is 21.8 Å². The summed E-state index contributed by atoms with van der Waals surface area (Å²) >= 11 is 1.47. The van der Waals surface area contributed by atoms with Crippen LogP contribution in [-0.4, -0.2) is 21.9 Å². The van der Waals surface area contributed by atoms with E-state index in [4.69, 9.17) is 5.73 Å². The van der Waals surface area contributed by atoms with Gasteiger partial charge in [0, 0.05) is 28.1 Å². The lowest BCUT2D eigenvalue weighted by molar-refractivity contribution is -0.117. The molecule has 2 aromatic carbocycles. The number of aromatic nitrogens is 1. The van der Waals surface area contributed by atoms with Crippen molar-refractivity contribution >= 4 is 28.8 Å². The molecule has 1 fully saturated rings. The van der Waals surface area contributed by atoms with E-state index < -0.39 is 5.91 Å². The number of nitrogens with two attached hydrogens (primary N) is 1. The molecule has 0 saturated heterocycles. The van der Waals surface area contributed by atoms with Gasteiger partial charge in [0.1, 0.15) is 10.8 Å². The third kappa shape index (κ3) is 3.68. The Kier molecular flexibility index (Phi) is 4.37. The maximum atomic E-state index is 11.8. The maximum Gasteiger partial charge on any atom is 0.252 e. The first-order valence-corrected chi connectivity index (χ1v) is 9.39. The van der Waals surface area contributed by atoms with Crippen molar-refractivity contribution < 1.29 is 14.7 Å². The lowest BCUT2D eigenvalue weighted by Crippen LogP contribution is -2.12. The summed E-state index contributed by atoms with van der Waals surface area (Å²) in [5, 5.41) is 15.3. The summed E-state index contributed by atoms with van der Waals surface area (Å²) in [6, 6.07) is 12.2. The first kappa shape index (κ1) is 17.2. The summed E-state index contributed by atoms with van der Waals surface area (Å²) in [5.74, 6) is -0.585. The average molecular weight is 379 g/mol. The molecule has 0 aliphatic heterocycles. The number of amides is 2. The van der Waals surface area contributed by atoms with Crippen molar-refractivity contribution in [2.45, 2.75) is 12.8 Å². The van der Waals surface area contributed by atoms with E-state index in [1.807, 2.05) is 29.6 Å². The van der Waals surface area contributed by atoms with Gasteiger partial charge in [0.15, 0.2) is 0 Å².